The van der Waals surface area contributed by atoms with E-state index in [9.17, 15) is 8.42 Å². The second-order valence-electron chi connectivity index (χ2n) is 5.68. The fraction of sp³-hybridized carbons (Fsp3) is 0.533. The van der Waals surface area contributed by atoms with Gasteiger partial charge in [0.05, 0.1) is 22.3 Å². The number of hydrogen-bond acceptors (Lipinski definition) is 4. The fourth-order valence-electron chi connectivity index (χ4n) is 3.09. The van der Waals surface area contributed by atoms with Crippen LogP contribution in [0.3, 0.4) is 0 Å². The maximum absolute atomic E-state index is 12.2. The van der Waals surface area contributed by atoms with E-state index in [0.717, 1.165) is 11.1 Å². The van der Waals surface area contributed by atoms with Gasteiger partial charge in [-0.15, -0.1) is 0 Å². The van der Waals surface area contributed by atoms with Crippen LogP contribution in [0.4, 0.5) is 0 Å². The van der Waals surface area contributed by atoms with Crippen LogP contribution in [0.15, 0.2) is 24.3 Å². The van der Waals surface area contributed by atoms with Gasteiger partial charge in [0.1, 0.15) is 0 Å². The van der Waals surface area contributed by atoms with E-state index < -0.39 is 20.5 Å². The second-order valence-corrected chi connectivity index (χ2v) is 8.29. The minimum atomic E-state index is -3.27. The van der Waals surface area contributed by atoms with Gasteiger partial charge in [0.25, 0.3) is 0 Å². The van der Waals surface area contributed by atoms with Crippen molar-refractivity contribution >= 4 is 27.0 Å². The summed E-state index contributed by atoms with van der Waals surface area (Å²) in [5, 5.41) is -0.600. The highest BCUT2D eigenvalue weighted by molar-refractivity contribution is 7.92. The summed E-state index contributed by atoms with van der Waals surface area (Å²) in [7, 11) is -3.27. The molecular formula is C15H21NO3S2. The molecule has 2 rings (SSSR count). The lowest BCUT2D eigenvalue weighted by Crippen LogP contribution is -2.33. The number of rotatable bonds is 6. The van der Waals surface area contributed by atoms with Crippen LogP contribution >= 0.6 is 12.2 Å². The zero-order valence-corrected chi connectivity index (χ0v) is 14.1. The van der Waals surface area contributed by atoms with Crippen LogP contribution in [0.25, 0.3) is 0 Å². The number of thiocarbonyl (C=S) groups is 1. The Hall–Kier alpha value is -0.980. The molecule has 1 aromatic carbocycles. The molecule has 1 saturated carbocycles. The number of hydrogen-bond donors (Lipinski definition) is 1. The second kappa shape index (κ2) is 5.66. The molecule has 116 valence electrons. The standard InChI is InChI=1S/C15H21NO3S2/c1-4-19-9-15(14(16)20)12(13(15)21(3,17)18)11-7-5-10(2)6-8-11/h5-8,12-13H,4,9H2,1-3H3,(H2,16,20)/t12-,13-,15+/m0/s1. The molecule has 6 heteroatoms. The van der Waals surface area contributed by atoms with Gasteiger partial charge in [-0.3, -0.25) is 0 Å². The normalized spacial score (nSPS) is 28.3. The number of ether oxygens (including phenoxy) is 1. The summed E-state index contributed by atoms with van der Waals surface area (Å²) in [4.78, 5) is 0.219. The third-order valence-electron chi connectivity index (χ3n) is 4.16. The Morgan fingerprint density at radius 2 is 1.95 bits per heavy atom. The van der Waals surface area contributed by atoms with E-state index in [1.807, 2.05) is 38.1 Å². The molecule has 1 aromatic rings. The summed E-state index contributed by atoms with van der Waals surface area (Å²) in [6.45, 7) is 4.61. The first-order valence-electron chi connectivity index (χ1n) is 6.88. The van der Waals surface area contributed by atoms with Crippen LogP contribution in [-0.4, -0.2) is 38.1 Å². The first-order valence-corrected chi connectivity index (χ1v) is 9.24. The van der Waals surface area contributed by atoms with Crippen molar-refractivity contribution in [3.63, 3.8) is 0 Å². The van der Waals surface area contributed by atoms with Crippen molar-refractivity contribution in [2.24, 2.45) is 11.1 Å². The van der Waals surface area contributed by atoms with Crippen molar-refractivity contribution in [1.82, 2.24) is 0 Å². The van der Waals surface area contributed by atoms with Crippen molar-refractivity contribution < 1.29 is 13.2 Å². The van der Waals surface area contributed by atoms with Gasteiger partial charge in [-0.25, -0.2) is 8.42 Å². The smallest absolute Gasteiger partial charge is 0.152 e. The van der Waals surface area contributed by atoms with Gasteiger partial charge in [-0.2, -0.15) is 0 Å². The molecule has 21 heavy (non-hydrogen) atoms. The summed E-state index contributed by atoms with van der Waals surface area (Å²) < 4.78 is 29.8. The molecule has 1 aliphatic rings. The largest absolute Gasteiger partial charge is 0.393 e. The Morgan fingerprint density at radius 3 is 2.38 bits per heavy atom. The quantitative estimate of drug-likeness (QED) is 0.807. The zero-order chi connectivity index (χ0) is 15.8. The van der Waals surface area contributed by atoms with Crippen LogP contribution < -0.4 is 5.73 Å². The van der Waals surface area contributed by atoms with E-state index in [1.165, 1.54) is 6.26 Å². The van der Waals surface area contributed by atoms with Crippen molar-refractivity contribution in [2.45, 2.75) is 25.0 Å². The maximum Gasteiger partial charge on any atom is 0.152 e. The van der Waals surface area contributed by atoms with E-state index in [2.05, 4.69) is 0 Å². The zero-order valence-electron chi connectivity index (χ0n) is 12.5. The number of aryl methyl sites for hydroxylation is 1. The van der Waals surface area contributed by atoms with Crippen molar-refractivity contribution in [3.05, 3.63) is 35.4 Å². The minimum absolute atomic E-state index is 0.219. The Bertz CT molecular complexity index is 639. The van der Waals surface area contributed by atoms with Crippen LogP contribution in [0.2, 0.25) is 0 Å². The van der Waals surface area contributed by atoms with Crippen molar-refractivity contribution in [1.29, 1.82) is 0 Å². The molecule has 4 nitrogen and oxygen atoms in total. The predicted octanol–water partition coefficient (Wildman–Crippen LogP) is 1.81. The molecular weight excluding hydrogens is 306 g/mol. The van der Waals surface area contributed by atoms with E-state index >= 15 is 0 Å². The predicted molar refractivity (Wildman–Crippen MR) is 88.3 cm³/mol. The highest BCUT2D eigenvalue weighted by atomic mass is 32.2. The number of sulfone groups is 1. The Kier molecular flexibility index (Phi) is 4.42. The number of benzene rings is 1. The molecule has 0 bridgehead atoms. The van der Waals surface area contributed by atoms with Gasteiger partial charge < -0.3 is 10.5 Å². The topological polar surface area (TPSA) is 69.4 Å². The summed E-state index contributed by atoms with van der Waals surface area (Å²) >= 11 is 5.19. The molecule has 0 spiro atoms. The molecule has 0 saturated heterocycles. The molecule has 0 aromatic heterocycles. The molecule has 0 radical (unpaired) electrons. The van der Waals surface area contributed by atoms with Crippen molar-refractivity contribution in [2.75, 3.05) is 19.5 Å². The third kappa shape index (κ3) is 2.84. The SMILES string of the molecule is CCOC[C@@]1(C(N)=S)[C@@H](c2ccc(C)cc2)[C@@H]1S(C)(=O)=O. The van der Waals surface area contributed by atoms with Crippen molar-refractivity contribution in [3.8, 4) is 0 Å². The average molecular weight is 327 g/mol. The molecule has 0 aliphatic heterocycles. The van der Waals surface area contributed by atoms with Gasteiger partial charge in [0.2, 0.25) is 0 Å². The van der Waals surface area contributed by atoms with Crippen LogP contribution in [0, 0.1) is 12.3 Å². The van der Waals surface area contributed by atoms with Gasteiger partial charge in [-0.1, -0.05) is 42.0 Å². The minimum Gasteiger partial charge on any atom is -0.393 e. The summed E-state index contributed by atoms with van der Waals surface area (Å²) in [6, 6.07) is 7.84. The maximum atomic E-state index is 12.2. The van der Waals surface area contributed by atoms with E-state index in [1.54, 1.807) is 0 Å². The van der Waals surface area contributed by atoms with Crippen LogP contribution in [0.1, 0.15) is 24.0 Å². The highest BCUT2D eigenvalue weighted by Crippen LogP contribution is 2.63. The highest BCUT2D eigenvalue weighted by Gasteiger charge is 2.71. The first-order chi connectivity index (χ1) is 9.75. The Balaban J connectivity index is 2.46. The van der Waals surface area contributed by atoms with Gasteiger partial charge in [0, 0.05) is 18.8 Å². The average Bonchev–Trinajstić information content (AvgIpc) is 3.08. The third-order valence-corrected chi connectivity index (χ3v) is 6.15. The van der Waals surface area contributed by atoms with Crippen LogP contribution in [-0.2, 0) is 14.6 Å². The summed E-state index contributed by atoms with van der Waals surface area (Å²) in [5.74, 6) is -0.225. The lowest BCUT2D eigenvalue weighted by molar-refractivity contribution is 0.121. The van der Waals surface area contributed by atoms with E-state index in [4.69, 9.17) is 22.7 Å². The van der Waals surface area contributed by atoms with E-state index in [-0.39, 0.29) is 17.5 Å². The number of nitrogens with two attached hydrogens (primary N) is 1. The molecule has 0 heterocycles. The van der Waals surface area contributed by atoms with E-state index in [0.29, 0.717) is 6.61 Å². The lowest BCUT2D eigenvalue weighted by atomic mass is 9.99. The summed E-state index contributed by atoms with van der Waals surface area (Å²) in [6.07, 6.45) is 1.24. The van der Waals surface area contributed by atoms with Gasteiger partial charge >= 0.3 is 0 Å². The Labute approximate surface area is 131 Å². The monoisotopic (exact) mass is 327 g/mol. The molecule has 1 aliphatic carbocycles. The summed E-state index contributed by atoms with van der Waals surface area (Å²) in [5.41, 5.74) is 7.20. The lowest BCUT2D eigenvalue weighted by Gasteiger charge is -2.16. The molecule has 3 atom stereocenters. The molecule has 0 unspecified atom stereocenters. The molecule has 0 amide bonds. The molecule has 1 fully saturated rings. The van der Waals surface area contributed by atoms with Crippen LogP contribution in [0.5, 0.6) is 0 Å². The Morgan fingerprint density at radius 1 is 1.38 bits per heavy atom. The first kappa shape index (κ1) is 16.4. The van der Waals surface area contributed by atoms with Gasteiger partial charge in [0.15, 0.2) is 9.84 Å². The molecule has 2 N–H and O–H groups in total. The van der Waals surface area contributed by atoms with Gasteiger partial charge in [-0.05, 0) is 19.4 Å². The fourth-order valence-corrected chi connectivity index (χ4v) is 5.40.